The molecule has 0 amide bonds. The lowest BCUT2D eigenvalue weighted by atomic mass is 10.1. The van der Waals surface area contributed by atoms with Gasteiger partial charge >= 0.3 is 0 Å². The first kappa shape index (κ1) is 24.9. The molecule has 0 bridgehead atoms. The lowest BCUT2D eigenvalue weighted by molar-refractivity contribution is 0.155. The molecule has 1 saturated heterocycles. The highest BCUT2D eigenvalue weighted by atomic mass is 127. The molecule has 2 heterocycles. The van der Waals surface area contributed by atoms with E-state index in [9.17, 15) is 0 Å². The van der Waals surface area contributed by atoms with Crippen LogP contribution in [0.5, 0.6) is 0 Å². The molecule has 1 aromatic carbocycles. The Kier molecular flexibility index (Phi) is 11.5. The minimum absolute atomic E-state index is 0. The molecule has 0 aromatic heterocycles. The molecule has 1 fully saturated rings. The molecule has 30 heavy (non-hydrogen) atoms. The first-order valence-corrected chi connectivity index (χ1v) is 11.0. The predicted octanol–water partition coefficient (Wildman–Crippen LogP) is 3.24. The number of hydrogen-bond donors (Lipinski definition) is 2. The van der Waals surface area contributed by atoms with Crippen molar-refractivity contribution in [2.75, 3.05) is 57.9 Å². The van der Waals surface area contributed by atoms with Gasteiger partial charge in [0.2, 0.25) is 0 Å². The zero-order chi connectivity index (χ0) is 20.3. The summed E-state index contributed by atoms with van der Waals surface area (Å²) in [5, 5.41) is 7.04. The summed E-state index contributed by atoms with van der Waals surface area (Å²) >= 11 is 0. The van der Waals surface area contributed by atoms with Crippen molar-refractivity contribution in [2.24, 2.45) is 4.99 Å². The molecule has 2 aliphatic rings. The maximum absolute atomic E-state index is 5.16. The van der Waals surface area contributed by atoms with E-state index in [1.807, 2.05) is 0 Å². The fourth-order valence-corrected chi connectivity index (χ4v) is 3.92. The lowest BCUT2D eigenvalue weighted by Gasteiger charge is -2.33. The number of ether oxygens (including phenoxy) is 1. The van der Waals surface area contributed by atoms with E-state index in [1.54, 1.807) is 7.11 Å². The van der Waals surface area contributed by atoms with Crippen LogP contribution in [0, 0.1) is 0 Å². The van der Waals surface area contributed by atoms with Crippen LogP contribution < -0.4 is 15.5 Å². The van der Waals surface area contributed by atoms with Crippen LogP contribution in [-0.2, 0) is 11.3 Å². The van der Waals surface area contributed by atoms with Crippen LogP contribution in [0.25, 0.3) is 0 Å². The highest BCUT2D eigenvalue weighted by Crippen LogP contribution is 2.18. The summed E-state index contributed by atoms with van der Waals surface area (Å²) in [5.74, 6) is 0.929. The SMILES string of the molecule is CCNC(=NCc1ccc(N2CC=CC2)cc1)NC1CCN(CCCOC)CC1.I. The van der Waals surface area contributed by atoms with Crippen LogP contribution in [0.1, 0.15) is 31.7 Å². The molecule has 6 nitrogen and oxygen atoms in total. The summed E-state index contributed by atoms with van der Waals surface area (Å²) in [4.78, 5) is 9.72. The van der Waals surface area contributed by atoms with E-state index in [1.165, 1.54) is 11.3 Å². The van der Waals surface area contributed by atoms with Crippen molar-refractivity contribution in [1.82, 2.24) is 15.5 Å². The summed E-state index contributed by atoms with van der Waals surface area (Å²) in [6.45, 7) is 10.00. The largest absolute Gasteiger partial charge is 0.385 e. The minimum atomic E-state index is 0. The second kappa shape index (κ2) is 13.9. The Hall–Kier alpha value is -1.32. The van der Waals surface area contributed by atoms with Crippen molar-refractivity contribution >= 4 is 35.6 Å². The van der Waals surface area contributed by atoms with E-state index in [4.69, 9.17) is 9.73 Å². The molecule has 0 spiro atoms. The van der Waals surface area contributed by atoms with Gasteiger partial charge in [-0.25, -0.2) is 4.99 Å². The number of nitrogens with one attached hydrogen (secondary N) is 2. The Balaban J connectivity index is 0.00000320. The molecule has 2 aliphatic heterocycles. The highest BCUT2D eigenvalue weighted by molar-refractivity contribution is 14.0. The Morgan fingerprint density at radius 3 is 2.47 bits per heavy atom. The van der Waals surface area contributed by atoms with Gasteiger partial charge in [0.25, 0.3) is 0 Å². The Morgan fingerprint density at radius 2 is 1.83 bits per heavy atom. The van der Waals surface area contributed by atoms with Gasteiger partial charge in [-0.3, -0.25) is 0 Å². The van der Waals surface area contributed by atoms with Crippen LogP contribution in [0.4, 0.5) is 5.69 Å². The van der Waals surface area contributed by atoms with E-state index in [0.29, 0.717) is 12.6 Å². The number of guanidine groups is 1. The van der Waals surface area contributed by atoms with Crippen LogP contribution in [-0.4, -0.2) is 69.9 Å². The number of benzene rings is 1. The normalized spacial score (nSPS) is 17.8. The number of rotatable bonds is 9. The molecule has 1 aromatic rings. The molecule has 0 radical (unpaired) electrons. The molecule has 0 aliphatic carbocycles. The van der Waals surface area contributed by atoms with Gasteiger partial charge in [-0.2, -0.15) is 0 Å². The number of piperidine rings is 1. The fourth-order valence-electron chi connectivity index (χ4n) is 3.92. The molecule has 0 atom stereocenters. The number of aliphatic imine (C=N–C) groups is 1. The van der Waals surface area contributed by atoms with Gasteiger partial charge in [-0.15, -0.1) is 24.0 Å². The van der Waals surface area contributed by atoms with E-state index >= 15 is 0 Å². The van der Waals surface area contributed by atoms with E-state index in [-0.39, 0.29) is 24.0 Å². The summed E-state index contributed by atoms with van der Waals surface area (Å²) in [5.41, 5.74) is 2.52. The van der Waals surface area contributed by atoms with Crippen molar-refractivity contribution in [2.45, 2.75) is 38.8 Å². The quantitative estimate of drug-likeness (QED) is 0.170. The first-order chi connectivity index (χ1) is 14.3. The van der Waals surface area contributed by atoms with E-state index in [2.05, 4.69) is 63.8 Å². The predicted molar refractivity (Wildman–Crippen MR) is 137 cm³/mol. The molecule has 3 rings (SSSR count). The first-order valence-electron chi connectivity index (χ1n) is 11.0. The van der Waals surface area contributed by atoms with E-state index < -0.39 is 0 Å². The van der Waals surface area contributed by atoms with Crippen molar-refractivity contribution in [3.63, 3.8) is 0 Å². The smallest absolute Gasteiger partial charge is 0.191 e. The van der Waals surface area contributed by atoms with Gasteiger partial charge in [0.05, 0.1) is 6.54 Å². The van der Waals surface area contributed by atoms with Crippen LogP contribution >= 0.6 is 24.0 Å². The number of halogens is 1. The lowest BCUT2D eigenvalue weighted by Crippen LogP contribution is -2.48. The average Bonchev–Trinajstić information content (AvgIpc) is 3.29. The fraction of sp³-hybridized carbons (Fsp3) is 0.609. The third kappa shape index (κ3) is 8.07. The van der Waals surface area contributed by atoms with Crippen LogP contribution in [0.3, 0.4) is 0 Å². The van der Waals surface area contributed by atoms with Crippen LogP contribution in [0.2, 0.25) is 0 Å². The Morgan fingerprint density at radius 1 is 1.13 bits per heavy atom. The molecule has 0 saturated carbocycles. The standard InChI is InChI=1S/C23H37N5O.HI/c1-3-24-23(26-21-11-16-27(17-12-21)13-6-18-29-2)25-19-20-7-9-22(10-8-20)28-14-4-5-15-28;/h4-5,7-10,21H,3,6,11-19H2,1-2H3,(H2,24,25,26);1H. The van der Waals surface area contributed by atoms with Crippen LogP contribution in [0.15, 0.2) is 41.4 Å². The summed E-state index contributed by atoms with van der Waals surface area (Å²) in [7, 11) is 1.77. The molecule has 2 N–H and O–H groups in total. The zero-order valence-corrected chi connectivity index (χ0v) is 20.8. The van der Waals surface area contributed by atoms with Gasteiger partial charge in [-0.05, 0) is 43.9 Å². The van der Waals surface area contributed by atoms with Gasteiger partial charge in [0.15, 0.2) is 5.96 Å². The molecular formula is C23H38IN5O. The zero-order valence-electron chi connectivity index (χ0n) is 18.5. The minimum Gasteiger partial charge on any atom is -0.385 e. The highest BCUT2D eigenvalue weighted by Gasteiger charge is 2.19. The number of likely N-dealkylation sites (tertiary alicyclic amines) is 1. The number of methoxy groups -OCH3 is 1. The summed E-state index contributed by atoms with van der Waals surface area (Å²) in [6, 6.07) is 9.30. The van der Waals surface area contributed by atoms with Gasteiger partial charge < -0.3 is 25.2 Å². The maximum Gasteiger partial charge on any atom is 0.191 e. The van der Waals surface area contributed by atoms with Crippen molar-refractivity contribution in [3.8, 4) is 0 Å². The van der Waals surface area contributed by atoms with Crippen molar-refractivity contribution in [3.05, 3.63) is 42.0 Å². The average molecular weight is 527 g/mol. The number of nitrogens with zero attached hydrogens (tertiary/aromatic N) is 3. The summed E-state index contributed by atoms with van der Waals surface area (Å²) < 4.78 is 5.16. The third-order valence-electron chi connectivity index (χ3n) is 5.63. The van der Waals surface area contributed by atoms with Gasteiger partial charge in [0.1, 0.15) is 0 Å². The van der Waals surface area contributed by atoms with E-state index in [0.717, 1.165) is 71.1 Å². The molecular weight excluding hydrogens is 489 g/mol. The second-order valence-corrected chi connectivity index (χ2v) is 7.84. The van der Waals surface area contributed by atoms with Crippen molar-refractivity contribution in [1.29, 1.82) is 0 Å². The maximum atomic E-state index is 5.16. The van der Waals surface area contributed by atoms with Gasteiger partial charge in [0, 0.05) is 64.7 Å². The Bertz CT molecular complexity index is 648. The Labute approximate surface area is 199 Å². The number of hydrogen-bond acceptors (Lipinski definition) is 4. The molecule has 0 unspecified atom stereocenters. The number of anilines is 1. The van der Waals surface area contributed by atoms with Gasteiger partial charge in [-0.1, -0.05) is 24.3 Å². The van der Waals surface area contributed by atoms with Crippen molar-refractivity contribution < 1.29 is 4.74 Å². The summed E-state index contributed by atoms with van der Waals surface area (Å²) in [6.07, 6.45) is 7.88. The molecule has 7 heteroatoms. The monoisotopic (exact) mass is 527 g/mol. The third-order valence-corrected chi connectivity index (χ3v) is 5.63. The molecule has 168 valence electrons. The second-order valence-electron chi connectivity index (χ2n) is 7.84. The topological polar surface area (TPSA) is 52.1 Å².